The van der Waals surface area contributed by atoms with E-state index in [4.69, 9.17) is 9.47 Å². The van der Waals surface area contributed by atoms with Gasteiger partial charge in [-0.15, -0.1) is 0 Å². The summed E-state index contributed by atoms with van der Waals surface area (Å²) in [4.78, 5) is 23.3. The monoisotopic (exact) mass is 369 g/mol. The summed E-state index contributed by atoms with van der Waals surface area (Å²) in [5.74, 6) is 0.989. The van der Waals surface area contributed by atoms with Crippen molar-refractivity contribution >= 4 is 17.0 Å². The van der Waals surface area contributed by atoms with Gasteiger partial charge in [0.25, 0.3) is 0 Å². The molecule has 0 atom stereocenters. The molecule has 0 N–H and O–H groups in total. The molecule has 0 saturated carbocycles. The van der Waals surface area contributed by atoms with Crippen molar-refractivity contribution in [2.24, 2.45) is 7.05 Å². The fraction of sp³-hybridized carbons (Fsp3) is 0.263. The molecule has 0 aliphatic heterocycles. The Morgan fingerprint density at radius 3 is 2.33 bits per heavy atom. The fourth-order valence-corrected chi connectivity index (χ4v) is 3.03. The third kappa shape index (κ3) is 3.59. The molecule has 0 spiro atoms. The zero-order valence-corrected chi connectivity index (χ0v) is 15.3. The highest BCUT2D eigenvalue weighted by Gasteiger charge is 2.28. The van der Waals surface area contributed by atoms with Crippen molar-refractivity contribution < 1.29 is 19.2 Å². The van der Waals surface area contributed by atoms with Crippen molar-refractivity contribution in [2.75, 3.05) is 14.2 Å². The average Bonchev–Trinajstić information content (AvgIpc) is 3.08. The van der Waals surface area contributed by atoms with Crippen LogP contribution in [0.5, 0.6) is 11.5 Å². The molecule has 0 radical (unpaired) electrons. The Morgan fingerprint density at radius 1 is 1.15 bits per heavy atom. The molecule has 2 aromatic rings. The third-order valence-electron chi connectivity index (χ3n) is 4.49. The summed E-state index contributed by atoms with van der Waals surface area (Å²) >= 11 is 0. The van der Waals surface area contributed by atoms with Gasteiger partial charge in [0.05, 0.1) is 19.1 Å². The molecule has 1 aromatic heterocycles. The van der Waals surface area contributed by atoms with E-state index in [9.17, 15) is 14.9 Å². The van der Waals surface area contributed by atoms with Crippen molar-refractivity contribution in [2.45, 2.75) is 12.8 Å². The molecule has 1 heterocycles. The van der Waals surface area contributed by atoms with Gasteiger partial charge in [0.15, 0.2) is 5.69 Å². The van der Waals surface area contributed by atoms with Gasteiger partial charge in [0, 0.05) is 18.7 Å². The number of ether oxygens (including phenoxy) is 2. The number of hydrogen-bond donors (Lipinski definition) is 0. The number of allylic oxidation sites excluding steroid dienone is 4. The van der Waals surface area contributed by atoms with E-state index in [1.807, 2.05) is 18.2 Å². The number of hydrogen-bond acceptors (Lipinski definition) is 6. The largest absolute Gasteiger partial charge is 0.497 e. The predicted molar refractivity (Wildman–Crippen MR) is 99.0 cm³/mol. The zero-order chi connectivity index (χ0) is 19.6. The van der Waals surface area contributed by atoms with E-state index in [1.54, 1.807) is 26.4 Å². The minimum atomic E-state index is -0.590. The van der Waals surface area contributed by atoms with E-state index in [0.29, 0.717) is 29.9 Å². The number of nitrogens with zero attached hydrogens (tertiary/aromatic N) is 3. The van der Waals surface area contributed by atoms with E-state index >= 15 is 0 Å². The molecule has 3 rings (SSSR count). The molecular formula is C19H19N3O5. The van der Waals surface area contributed by atoms with Crippen LogP contribution in [0.4, 0.5) is 5.69 Å². The molecule has 8 nitrogen and oxygen atoms in total. The quantitative estimate of drug-likeness (QED) is 0.440. The smallest absolute Gasteiger partial charge is 0.318 e. The lowest BCUT2D eigenvalue weighted by atomic mass is 9.90. The van der Waals surface area contributed by atoms with E-state index in [2.05, 4.69) is 5.10 Å². The molecule has 8 heteroatoms. The molecule has 27 heavy (non-hydrogen) atoms. The summed E-state index contributed by atoms with van der Waals surface area (Å²) in [6, 6.07) is 5.60. The standard InChI is InChI=1S/C19H19N3O5/c1-21-18(17(11-20-21)22(24)25)19(23)13-6-4-12(5-7-13)14-8-15(26-2)10-16(9-14)27-3/h4,6,8-11H,5,7H2,1-3H3. The lowest BCUT2D eigenvalue weighted by Crippen LogP contribution is -2.13. The van der Waals surface area contributed by atoms with Gasteiger partial charge in [-0.3, -0.25) is 19.6 Å². The van der Waals surface area contributed by atoms with Crippen LogP contribution in [-0.4, -0.2) is 34.7 Å². The third-order valence-corrected chi connectivity index (χ3v) is 4.49. The van der Waals surface area contributed by atoms with E-state index in [0.717, 1.165) is 17.3 Å². The highest BCUT2D eigenvalue weighted by atomic mass is 16.6. The minimum absolute atomic E-state index is 0.00819. The van der Waals surface area contributed by atoms with Crippen molar-refractivity contribution in [3.63, 3.8) is 0 Å². The van der Waals surface area contributed by atoms with Crippen LogP contribution in [0.3, 0.4) is 0 Å². The molecular weight excluding hydrogens is 350 g/mol. The molecule has 0 fully saturated rings. The second-order valence-electron chi connectivity index (χ2n) is 6.07. The maximum absolute atomic E-state index is 12.7. The first-order chi connectivity index (χ1) is 12.9. The summed E-state index contributed by atoms with van der Waals surface area (Å²) in [7, 11) is 4.70. The van der Waals surface area contributed by atoms with E-state index < -0.39 is 4.92 Å². The van der Waals surface area contributed by atoms with Crippen LogP contribution < -0.4 is 9.47 Å². The SMILES string of the molecule is COc1cc(OC)cc(C2=CC=C(C(=O)c3c([N+](=O)[O-])cnn3C)CC2)c1. The lowest BCUT2D eigenvalue weighted by molar-refractivity contribution is -0.385. The van der Waals surface area contributed by atoms with Crippen LogP contribution in [0.1, 0.15) is 28.9 Å². The fourth-order valence-electron chi connectivity index (χ4n) is 3.03. The van der Waals surface area contributed by atoms with Gasteiger partial charge in [-0.25, -0.2) is 0 Å². The first-order valence-corrected chi connectivity index (χ1v) is 8.29. The molecule has 0 amide bonds. The Morgan fingerprint density at radius 2 is 1.81 bits per heavy atom. The van der Waals surface area contributed by atoms with Crippen LogP contribution in [0, 0.1) is 10.1 Å². The van der Waals surface area contributed by atoms with Gasteiger partial charge in [-0.05, 0) is 36.1 Å². The Labute approximate surface area is 155 Å². The van der Waals surface area contributed by atoms with Gasteiger partial charge >= 0.3 is 5.69 Å². The van der Waals surface area contributed by atoms with Crippen LogP contribution in [0.15, 0.2) is 42.1 Å². The number of aryl methyl sites for hydroxylation is 1. The molecule has 0 bridgehead atoms. The Bertz CT molecular complexity index is 949. The predicted octanol–water partition coefficient (Wildman–Crippen LogP) is 3.33. The van der Waals surface area contributed by atoms with Crippen molar-refractivity contribution in [1.29, 1.82) is 0 Å². The normalized spacial score (nSPS) is 13.6. The van der Waals surface area contributed by atoms with Crippen LogP contribution in [0.25, 0.3) is 5.57 Å². The highest BCUT2D eigenvalue weighted by Crippen LogP contribution is 2.33. The number of carbonyl (C=O) groups excluding carboxylic acids is 1. The van der Waals surface area contributed by atoms with Crippen LogP contribution >= 0.6 is 0 Å². The number of Topliss-reactive ketones (excluding diaryl/α,β-unsaturated/α-hetero) is 1. The van der Waals surface area contributed by atoms with Crippen molar-refractivity contribution in [3.05, 3.63) is 63.5 Å². The number of methoxy groups -OCH3 is 2. The maximum Gasteiger partial charge on any atom is 0.318 e. The molecule has 140 valence electrons. The van der Waals surface area contributed by atoms with Crippen molar-refractivity contribution in [3.8, 4) is 11.5 Å². The number of rotatable bonds is 6. The van der Waals surface area contributed by atoms with Crippen LogP contribution in [0.2, 0.25) is 0 Å². The number of carbonyl (C=O) groups is 1. The van der Waals surface area contributed by atoms with E-state index in [-0.39, 0.29) is 17.2 Å². The summed E-state index contributed by atoms with van der Waals surface area (Å²) in [6.07, 6.45) is 5.77. The molecule has 1 aliphatic rings. The van der Waals surface area contributed by atoms with Crippen LogP contribution in [-0.2, 0) is 7.05 Å². The van der Waals surface area contributed by atoms with Gasteiger partial charge < -0.3 is 9.47 Å². The number of benzene rings is 1. The van der Waals surface area contributed by atoms with Gasteiger partial charge in [0.2, 0.25) is 5.78 Å². The summed E-state index contributed by atoms with van der Waals surface area (Å²) < 4.78 is 11.8. The molecule has 0 unspecified atom stereocenters. The van der Waals surface area contributed by atoms with Crippen molar-refractivity contribution in [1.82, 2.24) is 9.78 Å². The molecule has 1 aromatic carbocycles. The first kappa shape index (κ1) is 18.4. The maximum atomic E-state index is 12.7. The average molecular weight is 369 g/mol. The lowest BCUT2D eigenvalue weighted by Gasteiger charge is -2.16. The number of nitro groups is 1. The topological polar surface area (TPSA) is 96.5 Å². The summed E-state index contributed by atoms with van der Waals surface area (Å²) in [6.45, 7) is 0. The summed E-state index contributed by atoms with van der Waals surface area (Å²) in [5, 5.41) is 15.0. The minimum Gasteiger partial charge on any atom is -0.497 e. The second kappa shape index (κ2) is 7.45. The molecule has 1 aliphatic carbocycles. The number of ketones is 1. The zero-order valence-electron chi connectivity index (χ0n) is 15.3. The second-order valence-corrected chi connectivity index (χ2v) is 6.07. The number of aromatic nitrogens is 2. The first-order valence-electron chi connectivity index (χ1n) is 8.29. The van der Waals surface area contributed by atoms with E-state index in [1.165, 1.54) is 11.7 Å². The van der Waals surface area contributed by atoms with Gasteiger partial charge in [-0.2, -0.15) is 5.10 Å². The Kier molecular flexibility index (Phi) is 5.07. The Hall–Kier alpha value is -3.42. The van der Waals surface area contributed by atoms with Gasteiger partial charge in [-0.1, -0.05) is 12.2 Å². The highest BCUT2D eigenvalue weighted by molar-refractivity contribution is 6.10. The molecule has 0 saturated heterocycles. The Balaban J connectivity index is 1.92. The van der Waals surface area contributed by atoms with Gasteiger partial charge in [0.1, 0.15) is 17.7 Å². The summed E-state index contributed by atoms with van der Waals surface area (Å²) in [5.41, 5.74) is 2.20.